The van der Waals surface area contributed by atoms with Crippen molar-refractivity contribution in [3.63, 3.8) is 0 Å². The van der Waals surface area contributed by atoms with Crippen molar-refractivity contribution in [2.24, 2.45) is 0 Å². The van der Waals surface area contributed by atoms with Gasteiger partial charge >= 0.3 is 0 Å². The summed E-state index contributed by atoms with van der Waals surface area (Å²) >= 11 is 0. The van der Waals surface area contributed by atoms with Gasteiger partial charge in [0, 0.05) is 27.8 Å². The lowest BCUT2D eigenvalue weighted by atomic mass is 9.82. The van der Waals surface area contributed by atoms with Crippen molar-refractivity contribution in [2.75, 3.05) is 13.2 Å². The molecular weight excluding hydrogens is 657 g/mol. The Labute approximate surface area is 323 Å². The molecule has 2 heteroatoms. The van der Waals surface area contributed by atoms with Crippen LogP contribution in [0.5, 0.6) is 11.5 Å². The molecule has 0 saturated carbocycles. The molecule has 0 aromatic heterocycles. The maximum Gasteiger partial charge on any atom is 0.119 e. The van der Waals surface area contributed by atoms with Crippen LogP contribution in [0.25, 0.3) is 32.7 Å². The minimum Gasteiger partial charge on any atom is -0.494 e. The van der Waals surface area contributed by atoms with Crippen LogP contribution in [-0.4, -0.2) is 13.2 Å². The highest BCUT2D eigenvalue weighted by Crippen LogP contribution is 2.36. The Kier molecular flexibility index (Phi) is 13.2. The molecule has 0 aliphatic carbocycles. The van der Waals surface area contributed by atoms with Gasteiger partial charge in [0.15, 0.2) is 0 Å². The molecule has 0 atom stereocenters. The molecule has 6 aromatic rings. The second kappa shape index (κ2) is 18.5. The number of hydrogen-bond donors (Lipinski definition) is 0. The van der Waals surface area contributed by atoms with Gasteiger partial charge in [-0.15, -0.1) is 0 Å². The summed E-state index contributed by atoms with van der Waals surface area (Å²) in [5, 5.41) is 4.90. The van der Waals surface area contributed by atoms with E-state index in [1.807, 2.05) is 24.3 Å². The van der Waals surface area contributed by atoms with Crippen LogP contribution in [0.15, 0.2) is 115 Å². The van der Waals surface area contributed by atoms with E-state index in [1.165, 1.54) is 65.6 Å². The second-order valence-electron chi connectivity index (χ2n) is 15.3. The van der Waals surface area contributed by atoms with Gasteiger partial charge in [-0.3, -0.25) is 0 Å². The van der Waals surface area contributed by atoms with Gasteiger partial charge in [-0.2, -0.15) is 0 Å². The molecule has 0 fully saturated rings. The Morgan fingerprint density at radius 1 is 0.481 bits per heavy atom. The molecule has 0 saturated heterocycles. The molecule has 0 spiro atoms. The standard InChI is InChI=1S/C52H54O2/c1-6-8-10-14-34-53-47-30-20-39(21-31-47)18-24-43-36-46(52(3,4)5)37-44(25-19-40-22-32-48(33-23-40)54-35-15-11-9-7-2)51(43)45-29-28-42-27-26-41-16-12-13-17-49(41)50(42)38-45/h12-13,16-17,20-23,26-33,36-38H,6-11,14-15,34-35H2,1-5H3. The van der Waals surface area contributed by atoms with Crippen LogP contribution in [0.2, 0.25) is 0 Å². The van der Waals surface area contributed by atoms with Crippen molar-refractivity contribution in [2.45, 2.75) is 91.4 Å². The predicted octanol–water partition coefficient (Wildman–Crippen LogP) is 13.7. The van der Waals surface area contributed by atoms with Gasteiger partial charge in [-0.25, -0.2) is 0 Å². The Bertz CT molecular complexity index is 2180. The molecule has 0 aliphatic heterocycles. The molecule has 0 N–H and O–H groups in total. The molecule has 0 heterocycles. The minimum atomic E-state index is -0.1000. The third kappa shape index (κ3) is 10.2. The average Bonchev–Trinajstić information content (AvgIpc) is 3.19. The molecule has 274 valence electrons. The van der Waals surface area contributed by atoms with E-state index in [0.29, 0.717) is 0 Å². The predicted molar refractivity (Wildman–Crippen MR) is 230 cm³/mol. The van der Waals surface area contributed by atoms with E-state index in [9.17, 15) is 0 Å². The number of benzene rings is 6. The Hall–Kier alpha value is -5.44. The van der Waals surface area contributed by atoms with Crippen molar-refractivity contribution in [3.8, 4) is 46.3 Å². The first-order chi connectivity index (χ1) is 26.3. The Balaban J connectivity index is 1.41. The van der Waals surface area contributed by atoms with Crippen molar-refractivity contribution >= 4 is 21.5 Å². The fourth-order valence-electron chi connectivity index (χ4n) is 6.73. The molecule has 54 heavy (non-hydrogen) atoms. The first kappa shape index (κ1) is 38.3. The lowest BCUT2D eigenvalue weighted by Crippen LogP contribution is -2.12. The average molecular weight is 711 g/mol. The van der Waals surface area contributed by atoms with Crippen LogP contribution in [0.4, 0.5) is 0 Å². The minimum absolute atomic E-state index is 0.1000. The summed E-state index contributed by atoms with van der Waals surface area (Å²) < 4.78 is 12.0. The highest BCUT2D eigenvalue weighted by molar-refractivity contribution is 6.09. The normalized spacial score (nSPS) is 11.1. The summed E-state index contributed by atoms with van der Waals surface area (Å²) in [4.78, 5) is 0. The summed E-state index contributed by atoms with van der Waals surface area (Å²) in [6, 6.07) is 40.7. The smallest absolute Gasteiger partial charge is 0.119 e. The zero-order valence-electron chi connectivity index (χ0n) is 32.9. The van der Waals surface area contributed by atoms with E-state index in [4.69, 9.17) is 9.47 Å². The maximum absolute atomic E-state index is 6.01. The number of rotatable bonds is 13. The van der Waals surface area contributed by atoms with Gasteiger partial charge in [0.1, 0.15) is 11.5 Å². The van der Waals surface area contributed by atoms with Crippen molar-refractivity contribution in [3.05, 3.63) is 143 Å². The topological polar surface area (TPSA) is 18.5 Å². The van der Waals surface area contributed by atoms with Gasteiger partial charge in [-0.05, 0) is 118 Å². The van der Waals surface area contributed by atoms with Gasteiger partial charge in [0.2, 0.25) is 0 Å². The van der Waals surface area contributed by atoms with E-state index >= 15 is 0 Å². The van der Waals surface area contributed by atoms with Gasteiger partial charge in [0.05, 0.1) is 13.2 Å². The monoisotopic (exact) mass is 710 g/mol. The molecule has 0 bridgehead atoms. The van der Waals surface area contributed by atoms with Crippen LogP contribution < -0.4 is 9.47 Å². The zero-order valence-corrected chi connectivity index (χ0v) is 32.9. The van der Waals surface area contributed by atoms with Crippen LogP contribution in [0.3, 0.4) is 0 Å². The fraction of sp³-hybridized carbons (Fsp3) is 0.308. The lowest BCUT2D eigenvalue weighted by Gasteiger charge is -2.22. The van der Waals surface area contributed by atoms with Crippen molar-refractivity contribution in [1.82, 2.24) is 0 Å². The third-order valence-electron chi connectivity index (χ3n) is 9.96. The SMILES string of the molecule is CCCCCCOc1ccc(C#Cc2cc(C(C)(C)C)cc(C#Cc3ccc(OCCCCCC)cc3)c2-c2ccc3ccc4ccccc4c3c2)cc1. The third-order valence-corrected chi connectivity index (χ3v) is 9.96. The summed E-state index contributed by atoms with van der Waals surface area (Å²) in [7, 11) is 0. The molecule has 6 rings (SSSR count). The van der Waals surface area contributed by atoms with Crippen LogP contribution >= 0.6 is 0 Å². The number of ether oxygens (including phenoxy) is 2. The van der Waals surface area contributed by atoms with E-state index in [2.05, 4.69) is 149 Å². The highest BCUT2D eigenvalue weighted by Gasteiger charge is 2.19. The van der Waals surface area contributed by atoms with Crippen LogP contribution in [0.1, 0.15) is 114 Å². The van der Waals surface area contributed by atoms with Crippen LogP contribution in [0, 0.1) is 23.7 Å². The van der Waals surface area contributed by atoms with E-state index in [-0.39, 0.29) is 5.41 Å². The summed E-state index contributed by atoms with van der Waals surface area (Å²) in [5.74, 6) is 16.0. The molecule has 2 nitrogen and oxygen atoms in total. The first-order valence-corrected chi connectivity index (χ1v) is 19.9. The zero-order chi connectivity index (χ0) is 37.8. The van der Waals surface area contributed by atoms with Gasteiger partial charge in [0.25, 0.3) is 0 Å². The van der Waals surface area contributed by atoms with E-state index < -0.39 is 0 Å². The van der Waals surface area contributed by atoms with E-state index in [1.54, 1.807) is 0 Å². The lowest BCUT2D eigenvalue weighted by molar-refractivity contribution is 0.305. The van der Waals surface area contributed by atoms with Gasteiger partial charge in [-0.1, -0.05) is 145 Å². The fourth-order valence-corrected chi connectivity index (χ4v) is 6.73. The second-order valence-corrected chi connectivity index (χ2v) is 15.3. The maximum atomic E-state index is 6.01. The highest BCUT2D eigenvalue weighted by atomic mass is 16.5. The molecule has 6 aromatic carbocycles. The van der Waals surface area contributed by atoms with Crippen molar-refractivity contribution < 1.29 is 9.47 Å². The Morgan fingerprint density at radius 3 is 1.50 bits per heavy atom. The van der Waals surface area contributed by atoms with Crippen molar-refractivity contribution in [1.29, 1.82) is 0 Å². The first-order valence-electron chi connectivity index (χ1n) is 19.9. The van der Waals surface area contributed by atoms with Gasteiger partial charge < -0.3 is 9.47 Å². The molecule has 0 aliphatic rings. The number of unbranched alkanes of at least 4 members (excludes halogenated alkanes) is 6. The molecular formula is C52H54O2. The number of hydrogen-bond acceptors (Lipinski definition) is 2. The molecule has 0 unspecified atom stereocenters. The van der Waals surface area contributed by atoms with Crippen LogP contribution in [-0.2, 0) is 5.41 Å². The Morgan fingerprint density at radius 2 is 0.981 bits per heavy atom. The summed E-state index contributed by atoms with van der Waals surface area (Å²) in [6.45, 7) is 12.7. The quantitative estimate of drug-likeness (QED) is 0.0675. The molecule has 0 amide bonds. The molecule has 0 radical (unpaired) electrons. The van der Waals surface area contributed by atoms with E-state index in [0.717, 1.165) is 70.9 Å². The number of fused-ring (bicyclic) bond motifs is 3. The summed E-state index contributed by atoms with van der Waals surface area (Å²) in [5.41, 5.74) is 7.09. The summed E-state index contributed by atoms with van der Waals surface area (Å²) in [6.07, 6.45) is 9.52. The largest absolute Gasteiger partial charge is 0.494 e.